The van der Waals surface area contributed by atoms with Gasteiger partial charge in [0.15, 0.2) is 0 Å². The Morgan fingerprint density at radius 2 is 2.17 bits per heavy atom. The molecule has 0 fully saturated rings. The highest BCUT2D eigenvalue weighted by Crippen LogP contribution is 2.24. The molecule has 0 bridgehead atoms. The van der Waals surface area contributed by atoms with Crippen molar-refractivity contribution in [3.05, 3.63) is 28.2 Å². The van der Waals surface area contributed by atoms with E-state index in [1.165, 1.54) is 12.1 Å². The molecule has 0 aliphatic heterocycles. The summed E-state index contributed by atoms with van der Waals surface area (Å²) >= 11 is 3.25. The smallest absolute Gasteiger partial charge is 0.335 e. The van der Waals surface area contributed by atoms with E-state index in [0.29, 0.717) is 16.6 Å². The molecular formula is C12H15BrN2O3. The molecule has 1 atom stereocenters. The lowest BCUT2D eigenvalue weighted by atomic mass is 10.1. The highest BCUT2D eigenvalue weighted by Gasteiger charge is 2.15. The molecule has 0 radical (unpaired) electrons. The van der Waals surface area contributed by atoms with E-state index >= 15 is 0 Å². The molecule has 0 unspecified atom stereocenters. The van der Waals surface area contributed by atoms with Crippen LogP contribution in [0.25, 0.3) is 0 Å². The number of carboxylic acid groups (broad SMARTS) is 1. The van der Waals surface area contributed by atoms with Gasteiger partial charge in [0.2, 0.25) is 5.91 Å². The summed E-state index contributed by atoms with van der Waals surface area (Å²) in [5.41, 5.74) is 6.20. The van der Waals surface area contributed by atoms with E-state index in [4.69, 9.17) is 10.8 Å². The van der Waals surface area contributed by atoms with Crippen molar-refractivity contribution in [3.8, 4) is 0 Å². The minimum atomic E-state index is -1.05. The first kappa shape index (κ1) is 14.7. The zero-order valence-electron chi connectivity index (χ0n) is 9.94. The quantitative estimate of drug-likeness (QED) is 0.777. The van der Waals surface area contributed by atoms with Crippen molar-refractivity contribution in [1.29, 1.82) is 0 Å². The molecule has 1 aromatic rings. The van der Waals surface area contributed by atoms with Gasteiger partial charge in [-0.15, -0.1) is 0 Å². The van der Waals surface area contributed by atoms with Gasteiger partial charge in [-0.1, -0.05) is 13.3 Å². The van der Waals surface area contributed by atoms with Gasteiger partial charge in [0.1, 0.15) is 0 Å². The third-order valence-corrected chi connectivity index (χ3v) is 3.10. The number of hydrogen-bond donors (Lipinski definition) is 3. The average molecular weight is 315 g/mol. The monoisotopic (exact) mass is 314 g/mol. The van der Waals surface area contributed by atoms with Gasteiger partial charge >= 0.3 is 5.97 Å². The second-order valence-electron chi connectivity index (χ2n) is 3.88. The van der Waals surface area contributed by atoms with Crippen molar-refractivity contribution >= 4 is 33.5 Å². The summed E-state index contributed by atoms with van der Waals surface area (Å²) < 4.78 is 0.615. The molecule has 6 heteroatoms. The Morgan fingerprint density at radius 1 is 1.50 bits per heavy atom. The van der Waals surface area contributed by atoms with E-state index in [1.807, 2.05) is 6.92 Å². The summed E-state index contributed by atoms with van der Waals surface area (Å²) in [6.45, 7) is 1.94. The van der Waals surface area contributed by atoms with Crippen LogP contribution in [0.4, 0.5) is 5.69 Å². The van der Waals surface area contributed by atoms with Crippen LogP contribution in [-0.2, 0) is 4.79 Å². The molecule has 4 N–H and O–H groups in total. The van der Waals surface area contributed by atoms with Gasteiger partial charge in [-0.25, -0.2) is 4.79 Å². The summed E-state index contributed by atoms with van der Waals surface area (Å²) in [7, 11) is 0. The SMILES string of the molecule is CCC[C@H](N)C(=O)Nc1cc(C(=O)O)ccc1Br. The fraction of sp³-hybridized carbons (Fsp3) is 0.333. The first-order valence-corrected chi connectivity index (χ1v) is 6.34. The van der Waals surface area contributed by atoms with Crippen LogP contribution in [0.2, 0.25) is 0 Å². The normalized spacial score (nSPS) is 11.9. The Hall–Kier alpha value is -1.40. The lowest BCUT2D eigenvalue weighted by Gasteiger charge is -2.12. The topological polar surface area (TPSA) is 92.4 Å². The predicted octanol–water partition coefficient (Wildman–Crippen LogP) is 2.21. The first-order chi connectivity index (χ1) is 8.45. The number of aromatic carboxylic acids is 1. The fourth-order valence-electron chi connectivity index (χ4n) is 1.42. The van der Waals surface area contributed by atoms with E-state index < -0.39 is 12.0 Å². The van der Waals surface area contributed by atoms with Gasteiger partial charge in [0.05, 0.1) is 17.3 Å². The highest BCUT2D eigenvalue weighted by atomic mass is 79.9. The lowest BCUT2D eigenvalue weighted by molar-refractivity contribution is -0.117. The Labute approximate surface area is 113 Å². The maximum atomic E-state index is 11.7. The van der Waals surface area contributed by atoms with Crippen molar-refractivity contribution in [1.82, 2.24) is 0 Å². The van der Waals surface area contributed by atoms with Crippen LogP contribution in [0.5, 0.6) is 0 Å². The lowest BCUT2D eigenvalue weighted by Crippen LogP contribution is -2.35. The third-order valence-electron chi connectivity index (χ3n) is 2.41. The Kier molecular flexibility index (Phi) is 5.30. The van der Waals surface area contributed by atoms with Crippen molar-refractivity contribution in [2.75, 3.05) is 5.32 Å². The van der Waals surface area contributed by atoms with Crippen LogP contribution in [0.3, 0.4) is 0 Å². The molecule has 98 valence electrons. The van der Waals surface area contributed by atoms with Gasteiger partial charge in [0, 0.05) is 4.47 Å². The number of anilines is 1. The van der Waals surface area contributed by atoms with Crippen LogP contribution >= 0.6 is 15.9 Å². The average Bonchev–Trinajstić information content (AvgIpc) is 2.31. The largest absolute Gasteiger partial charge is 0.478 e. The Balaban J connectivity index is 2.86. The molecule has 0 saturated carbocycles. The maximum absolute atomic E-state index is 11.7. The zero-order chi connectivity index (χ0) is 13.7. The highest BCUT2D eigenvalue weighted by molar-refractivity contribution is 9.10. The summed E-state index contributed by atoms with van der Waals surface area (Å²) in [6, 6.07) is 3.83. The number of nitrogens with one attached hydrogen (secondary N) is 1. The predicted molar refractivity (Wildman–Crippen MR) is 72.6 cm³/mol. The summed E-state index contributed by atoms with van der Waals surface area (Å²) in [6.07, 6.45) is 1.40. The van der Waals surface area contributed by atoms with Crippen LogP contribution < -0.4 is 11.1 Å². The molecule has 0 aromatic heterocycles. The Bertz CT molecular complexity index is 463. The van der Waals surface area contributed by atoms with Crippen molar-refractivity contribution < 1.29 is 14.7 Å². The van der Waals surface area contributed by atoms with E-state index in [9.17, 15) is 9.59 Å². The van der Waals surface area contributed by atoms with Gasteiger partial charge < -0.3 is 16.2 Å². The molecule has 1 aromatic carbocycles. The van der Waals surface area contributed by atoms with Crippen LogP contribution in [-0.4, -0.2) is 23.0 Å². The number of carbonyl (C=O) groups excluding carboxylic acids is 1. The molecule has 1 rings (SSSR count). The molecule has 0 heterocycles. The van der Waals surface area contributed by atoms with Gasteiger partial charge in [-0.05, 0) is 40.5 Å². The van der Waals surface area contributed by atoms with Crippen LogP contribution in [0.1, 0.15) is 30.1 Å². The van der Waals surface area contributed by atoms with E-state index in [1.54, 1.807) is 6.07 Å². The van der Waals surface area contributed by atoms with Gasteiger partial charge in [-0.2, -0.15) is 0 Å². The molecule has 5 nitrogen and oxygen atoms in total. The summed E-state index contributed by atoms with van der Waals surface area (Å²) in [4.78, 5) is 22.6. The number of carbonyl (C=O) groups is 2. The number of amides is 1. The number of hydrogen-bond acceptors (Lipinski definition) is 3. The molecule has 1 amide bonds. The molecule has 18 heavy (non-hydrogen) atoms. The fourth-order valence-corrected chi connectivity index (χ4v) is 1.77. The van der Waals surface area contributed by atoms with Crippen LogP contribution in [0, 0.1) is 0 Å². The van der Waals surface area contributed by atoms with E-state index in [2.05, 4.69) is 21.2 Å². The van der Waals surface area contributed by atoms with Crippen LogP contribution in [0.15, 0.2) is 22.7 Å². The number of rotatable bonds is 5. The standard InChI is InChI=1S/C12H15BrN2O3/c1-2-3-9(14)11(16)15-10-6-7(12(17)18)4-5-8(10)13/h4-6,9H,2-3,14H2,1H3,(H,15,16)(H,17,18)/t9-/m0/s1. The molecular weight excluding hydrogens is 300 g/mol. The number of halogens is 1. The third kappa shape index (κ3) is 3.82. The zero-order valence-corrected chi connectivity index (χ0v) is 11.5. The van der Waals surface area contributed by atoms with E-state index in [0.717, 1.165) is 6.42 Å². The van der Waals surface area contributed by atoms with Crippen molar-refractivity contribution in [2.45, 2.75) is 25.8 Å². The maximum Gasteiger partial charge on any atom is 0.335 e. The van der Waals surface area contributed by atoms with Gasteiger partial charge in [-0.3, -0.25) is 4.79 Å². The summed E-state index contributed by atoms with van der Waals surface area (Å²) in [5.74, 6) is -1.36. The number of nitrogens with two attached hydrogens (primary N) is 1. The second-order valence-corrected chi connectivity index (χ2v) is 4.74. The number of benzene rings is 1. The molecule has 0 aliphatic carbocycles. The van der Waals surface area contributed by atoms with Crippen molar-refractivity contribution in [2.24, 2.45) is 5.73 Å². The first-order valence-electron chi connectivity index (χ1n) is 5.55. The second kappa shape index (κ2) is 6.51. The minimum absolute atomic E-state index is 0.109. The van der Waals surface area contributed by atoms with E-state index in [-0.39, 0.29) is 11.5 Å². The molecule has 0 spiro atoms. The minimum Gasteiger partial charge on any atom is -0.478 e. The summed E-state index contributed by atoms with van der Waals surface area (Å²) in [5, 5.41) is 11.5. The van der Waals surface area contributed by atoms with Gasteiger partial charge in [0.25, 0.3) is 0 Å². The Morgan fingerprint density at radius 3 is 2.72 bits per heavy atom. The molecule has 0 saturated heterocycles. The van der Waals surface area contributed by atoms with Crippen molar-refractivity contribution in [3.63, 3.8) is 0 Å². The number of carboxylic acids is 1. The molecule has 0 aliphatic rings.